The molecule has 0 aromatic rings. The number of rotatable bonds is 13. The summed E-state index contributed by atoms with van der Waals surface area (Å²) in [6.07, 6.45) is 34.7. The molecular formula is C32H58O4. The van der Waals surface area contributed by atoms with E-state index in [-0.39, 0.29) is 11.8 Å². The molecule has 210 valence electrons. The second kappa shape index (κ2) is 26.5. The zero-order valence-corrected chi connectivity index (χ0v) is 23.7. The fraction of sp³-hybridized carbons (Fsp3) is 0.812. The van der Waals surface area contributed by atoms with Gasteiger partial charge in [0.2, 0.25) is 0 Å². The topological polar surface area (TPSA) is 74.6 Å². The van der Waals surface area contributed by atoms with Crippen molar-refractivity contribution >= 4 is 11.9 Å². The van der Waals surface area contributed by atoms with Crippen molar-refractivity contribution in [3.05, 3.63) is 24.3 Å². The minimum absolute atomic E-state index is 0.0920. The Morgan fingerprint density at radius 3 is 1.69 bits per heavy atom. The zero-order valence-electron chi connectivity index (χ0n) is 23.7. The number of unbranched alkanes of at least 4 members (excludes halogenated alkanes) is 7. The molecule has 0 saturated carbocycles. The maximum Gasteiger partial charge on any atom is 0.306 e. The van der Waals surface area contributed by atoms with E-state index in [1.54, 1.807) is 0 Å². The summed E-state index contributed by atoms with van der Waals surface area (Å²) in [5, 5.41) is 17.8. The molecule has 2 rings (SSSR count). The normalized spacial score (nSPS) is 19.6. The van der Waals surface area contributed by atoms with Crippen LogP contribution in [0.15, 0.2) is 24.3 Å². The van der Waals surface area contributed by atoms with Gasteiger partial charge in [-0.1, -0.05) is 109 Å². The van der Waals surface area contributed by atoms with Gasteiger partial charge in [0.1, 0.15) is 0 Å². The van der Waals surface area contributed by atoms with Crippen molar-refractivity contribution in [2.45, 2.75) is 155 Å². The van der Waals surface area contributed by atoms with Crippen LogP contribution in [0.2, 0.25) is 0 Å². The van der Waals surface area contributed by atoms with Crippen molar-refractivity contribution < 1.29 is 19.8 Å². The Labute approximate surface area is 223 Å². The Bertz CT molecular complexity index is 557. The van der Waals surface area contributed by atoms with Crippen LogP contribution >= 0.6 is 0 Å². The summed E-state index contributed by atoms with van der Waals surface area (Å²) < 4.78 is 0. The van der Waals surface area contributed by atoms with Gasteiger partial charge in [0.05, 0.1) is 11.8 Å². The van der Waals surface area contributed by atoms with Gasteiger partial charge in [-0.05, 0) is 70.6 Å². The van der Waals surface area contributed by atoms with E-state index in [0.717, 1.165) is 64.2 Å². The number of allylic oxidation sites excluding steroid dienone is 4. The summed E-state index contributed by atoms with van der Waals surface area (Å²) >= 11 is 0. The van der Waals surface area contributed by atoms with E-state index in [0.29, 0.717) is 0 Å². The number of carbonyl (C=O) groups is 2. The Hall–Kier alpha value is -1.58. The van der Waals surface area contributed by atoms with Crippen LogP contribution in [0.4, 0.5) is 0 Å². The summed E-state index contributed by atoms with van der Waals surface area (Å²) in [5.41, 5.74) is 0. The largest absolute Gasteiger partial charge is 0.481 e. The lowest BCUT2D eigenvalue weighted by Crippen LogP contribution is -2.13. The van der Waals surface area contributed by atoms with E-state index < -0.39 is 11.9 Å². The van der Waals surface area contributed by atoms with Gasteiger partial charge in [-0.3, -0.25) is 9.59 Å². The van der Waals surface area contributed by atoms with E-state index in [9.17, 15) is 9.59 Å². The lowest BCUT2D eigenvalue weighted by atomic mass is 9.94. The molecule has 4 heteroatoms. The number of hydrogen-bond donors (Lipinski definition) is 2. The van der Waals surface area contributed by atoms with E-state index >= 15 is 0 Å². The summed E-state index contributed by atoms with van der Waals surface area (Å²) in [5.74, 6) is -1.41. The fourth-order valence-electron chi connectivity index (χ4n) is 4.71. The molecule has 2 atom stereocenters. The van der Waals surface area contributed by atoms with Crippen molar-refractivity contribution in [1.82, 2.24) is 0 Å². The summed E-state index contributed by atoms with van der Waals surface area (Å²) in [4.78, 5) is 21.6. The Morgan fingerprint density at radius 2 is 1.14 bits per heavy atom. The average molecular weight is 507 g/mol. The predicted molar refractivity (Wildman–Crippen MR) is 153 cm³/mol. The third-order valence-electron chi connectivity index (χ3n) is 7.19. The van der Waals surface area contributed by atoms with Crippen molar-refractivity contribution in [2.24, 2.45) is 11.8 Å². The molecule has 4 nitrogen and oxygen atoms in total. The van der Waals surface area contributed by atoms with Gasteiger partial charge in [0.25, 0.3) is 0 Å². The molecule has 0 fully saturated rings. The Morgan fingerprint density at radius 1 is 0.639 bits per heavy atom. The third kappa shape index (κ3) is 22.9. The fourth-order valence-corrected chi connectivity index (χ4v) is 4.71. The molecule has 0 heterocycles. The molecule has 0 aliphatic heterocycles. The molecule has 36 heavy (non-hydrogen) atoms. The minimum atomic E-state index is -0.625. The van der Waals surface area contributed by atoms with Crippen LogP contribution in [-0.4, -0.2) is 22.2 Å². The molecule has 0 radical (unpaired) electrons. The lowest BCUT2D eigenvalue weighted by Gasteiger charge is -2.11. The molecule has 0 aromatic heterocycles. The summed E-state index contributed by atoms with van der Waals surface area (Å²) in [7, 11) is 0. The number of hydrogen-bond acceptors (Lipinski definition) is 2. The first kappa shape index (κ1) is 34.4. The zero-order chi connectivity index (χ0) is 26.7. The molecule has 0 saturated heterocycles. The van der Waals surface area contributed by atoms with E-state index in [2.05, 4.69) is 38.2 Å². The van der Waals surface area contributed by atoms with Crippen molar-refractivity contribution in [1.29, 1.82) is 0 Å². The van der Waals surface area contributed by atoms with Gasteiger partial charge >= 0.3 is 11.9 Å². The van der Waals surface area contributed by atoms with Gasteiger partial charge in [-0.15, -0.1) is 0 Å². The molecule has 2 unspecified atom stereocenters. The van der Waals surface area contributed by atoms with E-state index in [1.165, 1.54) is 77.0 Å². The highest BCUT2D eigenvalue weighted by molar-refractivity contribution is 5.70. The molecular weight excluding hydrogens is 448 g/mol. The summed E-state index contributed by atoms with van der Waals surface area (Å²) in [6, 6.07) is 0. The first-order valence-corrected chi connectivity index (χ1v) is 15.3. The van der Waals surface area contributed by atoms with Gasteiger partial charge < -0.3 is 10.2 Å². The van der Waals surface area contributed by atoms with Gasteiger partial charge in [-0.25, -0.2) is 0 Å². The van der Waals surface area contributed by atoms with E-state index in [1.807, 2.05) is 0 Å². The second-order valence-electron chi connectivity index (χ2n) is 10.6. The van der Waals surface area contributed by atoms with Crippen LogP contribution in [0.25, 0.3) is 0 Å². The number of carboxylic acids is 2. The summed E-state index contributed by atoms with van der Waals surface area (Å²) in [6.45, 7) is 4.35. The molecule has 0 amide bonds. The molecule has 2 aliphatic rings. The van der Waals surface area contributed by atoms with Gasteiger partial charge in [-0.2, -0.15) is 0 Å². The second-order valence-corrected chi connectivity index (χ2v) is 10.6. The van der Waals surface area contributed by atoms with Gasteiger partial charge in [0.15, 0.2) is 0 Å². The number of carboxylic acid groups (broad SMARTS) is 2. The maximum absolute atomic E-state index is 11.0. The maximum atomic E-state index is 11.0. The number of aliphatic carboxylic acids is 2. The van der Waals surface area contributed by atoms with Crippen LogP contribution < -0.4 is 0 Å². The van der Waals surface area contributed by atoms with Crippen molar-refractivity contribution in [2.75, 3.05) is 0 Å². The monoisotopic (exact) mass is 506 g/mol. The molecule has 2 aliphatic carbocycles. The molecule has 0 bridgehead atoms. The SMILES string of the molecule is C1=CCCCCCC1.CCCCCCCCCC(CCCC)C(=O)O.O=C(O)C1CC/C=C\CCC1. The highest BCUT2D eigenvalue weighted by atomic mass is 16.4. The predicted octanol–water partition coefficient (Wildman–Crippen LogP) is 10.1. The Balaban J connectivity index is 0.000000549. The molecule has 2 N–H and O–H groups in total. The highest BCUT2D eigenvalue weighted by Crippen LogP contribution is 2.19. The quantitative estimate of drug-likeness (QED) is 0.192. The average Bonchev–Trinajstić information content (AvgIpc) is 2.80. The Kier molecular flexibility index (Phi) is 25.3. The van der Waals surface area contributed by atoms with Crippen LogP contribution in [0.3, 0.4) is 0 Å². The van der Waals surface area contributed by atoms with Crippen LogP contribution in [0.5, 0.6) is 0 Å². The first-order chi connectivity index (χ1) is 17.5. The molecule has 0 aromatic carbocycles. The third-order valence-corrected chi connectivity index (χ3v) is 7.19. The van der Waals surface area contributed by atoms with Crippen LogP contribution in [0.1, 0.15) is 155 Å². The van der Waals surface area contributed by atoms with Crippen LogP contribution in [-0.2, 0) is 9.59 Å². The molecule has 0 spiro atoms. The first-order valence-electron chi connectivity index (χ1n) is 15.3. The minimum Gasteiger partial charge on any atom is -0.481 e. The smallest absolute Gasteiger partial charge is 0.306 e. The highest BCUT2D eigenvalue weighted by Gasteiger charge is 2.16. The van der Waals surface area contributed by atoms with Crippen molar-refractivity contribution in [3.63, 3.8) is 0 Å². The lowest BCUT2D eigenvalue weighted by molar-refractivity contribution is -0.143. The standard InChI is InChI=1S/C15H30O2.C9H14O2.C8H14/c1-3-5-7-8-9-10-11-13-14(15(16)17)12-6-4-2;10-9(11)8-6-4-2-1-3-5-7-8;1-2-4-6-8-7-5-3-1/h14H,3-13H2,1-2H3,(H,16,17);1-2,8H,3-7H2,(H,10,11);1-2H,3-8H2/b;2-1-;. The van der Waals surface area contributed by atoms with Gasteiger partial charge in [0, 0.05) is 0 Å². The van der Waals surface area contributed by atoms with Crippen molar-refractivity contribution in [3.8, 4) is 0 Å². The van der Waals surface area contributed by atoms with Crippen LogP contribution in [0, 0.1) is 11.8 Å². The van der Waals surface area contributed by atoms with E-state index in [4.69, 9.17) is 10.2 Å².